The van der Waals surface area contributed by atoms with E-state index in [0.717, 1.165) is 12.1 Å². The van der Waals surface area contributed by atoms with Crippen LogP contribution in [0, 0.1) is 21.4 Å². The number of nitro benzene ring substituents is 1. The van der Waals surface area contributed by atoms with Gasteiger partial charge in [-0.3, -0.25) is 14.9 Å². The second kappa shape index (κ2) is 9.03. The van der Waals surface area contributed by atoms with E-state index in [1.165, 1.54) is 6.08 Å². The Balaban J connectivity index is 2.25. The molecule has 0 aliphatic carbocycles. The highest BCUT2D eigenvalue weighted by molar-refractivity contribution is 6.40. The molecule has 0 saturated carbocycles. The Labute approximate surface area is 164 Å². The van der Waals surface area contributed by atoms with Crippen LogP contribution >= 0.6 is 23.2 Å². The maximum atomic E-state index is 12.4. The van der Waals surface area contributed by atoms with Gasteiger partial charge in [-0.1, -0.05) is 35.3 Å². The molecule has 138 valence electrons. The monoisotopic (exact) mass is 405 g/mol. The van der Waals surface area contributed by atoms with Gasteiger partial charge in [0.05, 0.1) is 27.3 Å². The van der Waals surface area contributed by atoms with Crippen LogP contribution in [-0.4, -0.2) is 17.4 Å². The third kappa shape index (κ3) is 5.20. The lowest BCUT2D eigenvalue weighted by molar-refractivity contribution is -0.384. The molecule has 1 N–H and O–H groups in total. The van der Waals surface area contributed by atoms with Gasteiger partial charge in [0, 0.05) is 12.1 Å². The summed E-state index contributed by atoms with van der Waals surface area (Å²) in [6, 6.07) is 10.7. The number of rotatable bonds is 6. The summed E-state index contributed by atoms with van der Waals surface area (Å²) in [5.74, 6) is -0.0777. The zero-order valence-corrected chi connectivity index (χ0v) is 15.5. The van der Waals surface area contributed by atoms with E-state index in [2.05, 4.69) is 5.32 Å². The van der Waals surface area contributed by atoms with Crippen LogP contribution in [0.1, 0.15) is 12.5 Å². The molecule has 9 heteroatoms. The van der Waals surface area contributed by atoms with Crippen LogP contribution in [-0.2, 0) is 4.79 Å². The number of non-ortho nitro benzene ring substituents is 1. The molecule has 1 amide bonds. The van der Waals surface area contributed by atoms with E-state index in [1.54, 1.807) is 30.3 Å². The Kier molecular flexibility index (Phi) is 6.77. The molecule has 7 nitrogen and oxygen atoms in total. The van der Waals surface area contributed by atoms with Crippen LogP contribution in [0.5, 0.6) is 5.75 Å². The number of nitrogens with one attached hydrogen (secondary N) is 1. The Bertz CT molecular complexity index is 927. The van der Waals surface area contributed by atoms with Crippen LogP contribution in [0.15, 0.2) is 42.0 Å². The topological polar surface area (TPSA) is 105 Å². The maximum absolute atomic E-state index is 12.4. The van der Waals surface area contributed by atoms with Gasteiger partial charge in [-0.05, 0) is 30.7 Å². The summed E-state index contributed by atoms with van der Waals surface area (Å²) in [7, 11) is 0. The first-order chi connectivity index (χ1) is 12.8. The summed E-state index contributed by atoms with van der Waals surface area (Å²) >= 11 is 11.9. The average Bonchev–Trinajstić information content (AvgIpc) is 2.63. The molecule has 0 radical (unpaired) electrons. The third-order valence-electron chi connectivity index (χ3n) is 3.34. The molecular formula is C18H13Cl2N3O4. The summed E-state index contributed by atoms with van der Waals surface area (Å²) in [4.78, 5) is 22.5. The highest BCUT2D eigenvalue weighted by atomic mass is 35.5. The largest absolute Gasteiger partial charge is 0.494 e. The Morgan fingerprint density at radius 2 is 1.89 bits per heavy atom. The number of benzene rings is 2. The first-order valence-electron chi connectivity index (χ1n) is 7.65. The predicted molar refractivity (Wildman–Crippen MR) is 103 cm³/mol. The van der Waals surface area contributed by atoms with Gasteiger partial charge in [0.25, 0.3) is 11.6 Å². The number of nitro groups is 1. The number of hydrogen-bond donors (Lipinski definition) is 1. The molecular weight excluding hydrogens is 393 g/mol. The van der Waals surface area contributed by atoms with E-state index in [1.807, 2.05) is 6.92 Å². The molecule has 0 unspecified atom stereocenters. The van der Waals surface area contributed by atoms with Gasteiger partial charge >= 0.3 is 0 Å². The predicted octanol–water partition coefficient (Wildman–Crippen LogP) is 4.85. The van der Waals surface area contributed by atoms with E-state index in [4.69, 9.17) is 27.9 Å². The SMILES string of the molecule is CCOc1ccc(/C=C(\C#N)C(=O)Nc2c(Cl)cc([N+](=O)[O-])cc2Cl)cc1. The van der Waals surface area contributed by atoms with Gasteiger partial charge in [0.15, 0.2) is 0 Å². The minimum atomic E-state index is -0.746. The number of halogens is 2. The van der Waals surface area contributed by atoms with E-state index in [0.29, 0.717) is 17.9 Å². The first-order valence-corrected chi connectivity index (χ1v) is 8.40. The van der Waals surface area contributed by atoms with E-state index in [-0.39, 0.29) is 27.0 Å². The van der Waals surface area contributed by atoms with Crippen LogP contribution in [0.3, 0.4) is 0 Å². The molecule has 0 saturated heterocycles. The van der Waals surface area contributed by atoms with Gasteiger partial charge in [0.1, 0.15) is 17.4 Å². The molecule has 0 aliphatic heterocycles. The smallest absolute Gasteiger partial charge is 0.272 e. The summed E-state index contributed by atoms with van der Waals surface area (Å²) in [5.41, 5.74) is 0.103. The molecule has 0 bridgehead atoms. The molecule has 0 fully saturated rings. The summed E-state index contributed by atoms with van der Waals surface area (Å²) in [6.45, 7) is 2.39. The second-order valence-corrected chi connectivity index (χ2v) is 5.98. The van der Waals surface area contributed by atoms with Gasteiger partial charge in [-0.25, -0.2) is 0 Å². The van der Waals surface area contributed by atoms with Gasteiger partial charge in [-0.2, -0.15) is 5.26 Å². The van der Waals surface area contributed by atoms with Crippen molar-refractivity contribution in [3.05, 3.63) is 67.7 Å². The lowest BCUT2D eigenvalue weighted by Crippen LogP contribution is -2.14. The molecule has 27 heavy (non-hydrogen) atoms. The number of hydrogen-bond acceptors (Lipinski definition) is 5. The number of amides is 1. The molecule has 2 aromatic rings. The van der Waals surface area contributed by atoms with Crippen molar-refractivity contribution in [2.24, 2.45) is 0 Å². The number of carbonyl (C=O) groups is 1. The lowest BCUT2D eigenvalue weighted by atomic mass is 10.1. The van der Waals surface area contributed by atoms with Crippen molar-refractivity contribution in [2.75, 3.05) is 11.9 Å². The van der Waals surface area contributed by atoms with Crippen LogP contribution in [0.25, 0.3) is 6.08 Å². The molecule has 0 aromatic heterocycles. The normalized spacial score (nSPS) is 10.8. The van der Waals surface area contributed by atoms with Crippen molar-refractivity contribution in [3.63, 3.8) is 0 Å². The van der Waals surface area contributed by atoms with E-state index < -0.39 is 10.8 Å². The maximum Gasteiger partial charge on any atom is 0.272 e. The minimum Gasteiger partial charge on any atom is -0.494 e. The Morgan fingerprint density at radius 3 is 2.37 bits per heavy atom. The summed E-state index contributed by atoms with van der Waals surface area (Å²) in [6.07, 6.45) is 1.39. The van der Waals surface area contributed by atoms with E-state index >= 15 is 0 Å². The molecule has 0 aliphatic rings. The van der Waals surface area contributed by atoms with E-state index in [9.17, 15) is 20.2 Å². The molecule has 0 heterocycles. The van der Waals surface area contributed by atoms with Crippen molar-refractivity contribution < 1.29 is 14.5 Å². The third-order valence-corrected chi connectivity index (χ3v) is 3.94. The lowest BCUT2D eigenvalue weighted by Gasteiger charge is -2.09. The van der Waals surface area contributed by atoms with Crippen molar-refractivity contribution in [1.82, 2.24) is 0 Å². The second-order valence-electron chi connectivity index (χ2n) is 5.17. The fourth-order valence-corrected chi connectivity index (χ4v) is 2.68. The number of ether oxygens (including phenoxy) is 1. The Morgan fingerprint density at radius 1 is 1.30 bits per heavy atom. The molecule has 0 spiro atoms. The summed E-state index contributed by atoms with van der Waals surface area (Å²) in [5, 5.41) is 22.3. The quantitative estimate of drug-likeness (QED) is 0.320. The van der Waals surface area contributed by atoms with Crippen molar-refractivity contribution >= 4 is 46.6 Å². The zero-order valence-electron chi connectivity index (χ0n) is 14.0. The van der Waals surface area contributed by atoms with Gasteiger partial charge < -0.3 is 10.1 Å². The van der Waals surface area contributed by atoms with Crippen LogP contribution in [0.2, 0.25) is 10.0 Å². The van der Waals surface area contributed by atoms with Crippen molar-refractivity contribution in [1.29, 1.82) is 5.26 Å². The van der Waals surface area contributed by atoms with Crippen molar-refractivity contribution in [3.8, 4) is 11.8 Å². The molecule has 2 aromatic carbocycles. The number of anilines is 1. The number of nitrogens with zero attached hydrogens (tertiary/aromatic N) is 2. The first kappa shape index (κ1) is 20.2. The molecule has 0 atom stereocenters. The fourth-order valence-electron chi connectivity index (χ4n) is 2.11. The minimum absolute atomic E-state index is 0.0122. The average molecular weight is 406 g/mol. The van der Waals surface area contributed by atoms with Crippen molar-refractivity contribution in [2.45, 2.75) is 6.92 Å². The van der Waals surface area contributed by atoms with Gasteiger partial charge in [-0.15, -0.1) is 0 Å². The Hall–Kier alpha value is -3.08. The number of nitriles is 1. The number of carbonyl (C=O) groups excluding carboxylic acids is 1. The molecule has 2 rings (SSSR count). The van der Waals surface area contributed by atoms with Crippen LogP contribution < -0.4 is 10.1 Å². The zero-order chi connectivity index (χ0) is 20.0. The van der Waals surface area contributed by atoms with Gasteiger partial charge in [0.2, 0.25) is 0 Å². The van der Waals surface area contributed by atoms with Crippen LogP contribution in [0.4, 0.5) is 11.4 Å². The standard InChI is InChI=1S/C18H13Cl2N3O4/c1-2-27-14-5-3-11(4-6-14)7-12(10-21)18(24)22-17-15(19)8-13(23(25)26)9-16(17)20/h3-9H,2H2,1H3,(H,22,24)/b12-7+. The highest BCUT2D eigenvalue weighted by Crippen LogP contribution is 2.35. The highest BCUT2D eigenvalue weighted by Gasteiger charge is 2.18. The summed E-state index contributed by atoms with van der Waals surface area (Å²) < 4.78 is 5.33. The fraction of sp³-hybridized carbons (Fsp3) is 0.111.